The molecule has 1 rings (SSSR count). The van der Waals surface area contributed by atoms with Crippen molar-refractivity contribution in [3.05, 3.63) is 0 Å². The van der Waals surface area contributed by atoms with Crippen LogP contribution in [-0.2, 0) is 14.3 Å². The van der Waals surface area contributed by atoms with Gasteiger partial charge in [0.05, 0.1) is 24.7 Å². The van der Waals surface area contributed by atoms with Crippen molar-refractivity contribution in [3.8, 4) is 0 Å². The first-order valence-corrected chi connectivity index (χ1v) is 6.67. The Morgan fingerprint density at radius 3 is 2.82 bits per heavy atom. The lowest BCUT2D eigenvalue weighted by Crippen LogP contribution is -2.38. The van der Waals surface area contributed by atoms with E-state index < -0.39 is 12.0 Å². The third kappa shape index (κ3) is 4.28. The summed E-state index contributed by atoms with van der Waals surface area (Å²) in [4.78, 5) is 11.8. The highest BCUT2D eigenvalue weighted by Gasteiger charge is 2.35. The van der Waals surface area contributed by atoms with Crippen molar-refractivity contribution < 1.29 is 19.4 Å². The molecule has 1 N–H and O–H groups in total. The number of aliphatic hydroxyl groups excluding tert-OH is 1. The van der Waals surface area contributed by atoms with Crippen molar-refractivity contribution in [1.82, 2.24) is 0 Å². The van der Waals surface area contributed by atoms with Gasteiger partial charge >= 0.3 is 5.97 Å². The molecule has 1 aliphatic heterocycles. The quantitative estimate of drug-likeness (QED) is 0.695. The summed E-state index contributed by atoms with van der Waals surface area (Å²) in [6.07, 6.45) is 3.50. The highest BCUT2D eigenvalue weighted by molar-refractivity contribution is 5.73. The van der Waals surface area contributed by atoms with Gasteiger partial charge in [0.1, 0.15) is 0 Å². The third-order valence-corrected chi connectivity index (χ3v) is 3.22. The molecule has 0 spiro atoms. The van der Waals surface area contributed by atoms with E-state index in [2.05, 4.69) is 6.92 Å². The van der Waals surface area contributed by atoms with E-state index in [4.69, 9.17) is 9.47 Å². The summed E-state index contributed by atoms with van der Waals surface area (Å²) in [5, 5.41) is 10.2. The molecule has 1 aliphatic rings. The SMILES string of the molecule is CCCCC(C(=O)OCC)C(O)C1CCCO1. The van der Waals surface area contributed by atoms with Crippen LogP contribution in [0.15, 0.2) is 0 Å². The second-order valence-corrected chi connectivity index (χ2v) is 4.54. The maximum Gasteiger partial charge on any atom is 0.311 e. The van der Waals surface area contributed by atoms with Crippen LogP contribution in [0.1, 0.15) is 46.0 Å². The summed E-state index contributed by atoms with van der Waals surface area (Å²) in [6, 6.07) is 0. The molecule has 3 unspecified atom stereocenters. The third-order valence-electron chi connectivity index (χ3n) is 3.22. The molecule has 100 valence electrons. The molecular weight excluding hydrogens is 220 g/mol. The lowest BCUT2D eigenvalue weighted by molar-refractivity contribution is -0.156. The van der Waals surface area contributed by atoms with Gasteiger partial charge in [0, 0.05) is 6.61 Å². The topological polar surface area (TPSA) is 55.8 Å². The van der Waals surface area contributed by atoms with E-state index in [1.165, 1.54) is 0 Å². The highest BCUT2D eigenvalue weighted by atomic mass is 16.5. The number of hydrogen-bond acceptors (Lipinski definition) is 4. The van der Waals surface area contributed by atoms with E-state index in [0.717, 1.165) is 25.7 Å². The summed E-state index contributed by atoms with van der Waals surface area (Å²) >= 11 is 0. The second kappa shape index (κ2) is 7.67. The number of esters is 1. The van der Waals surface area contributed by atoms with Crippen LogP contribution >= 0.6 is 0 Å². The first-order chi connectivity index (χ1) is 8.20. The van der Waals surface area contributed by atoms with Crippen molar-refractivity contribution in [1.29, 1.82) is 0 Å². The molecular formula is C13H24O4. The molecule has 17 heavy (non-hydrogen) atoms. The van der Waals surface area contributed by atoms with Crippen LogP contribution in [0, 0.1) is 5.92 Å². The molecule has 0 bridgehead atoms. The fraction of sp³-hybridized carbons (Fsp3) is 0.923. The molecule has 0 aromatic rings. The fourth-order valence-corrected chi connectivity index (χ4v) is 2.23. The summed E-state index contributed by atoms with van der Waals surface area (Å²) in [7, 11) is 0. The Kier molecular flexibility index (Phi) is 6.52. The Bertz CT molecular complexity index is 223. The van der Waals surface area contributed by atoms with Crippen LogP contribution in [0.25, 0.3) is 0 Å². The highest BCUT2D eigenvalue weighted by Crippen LogP contribution is 2.25. The average Bonchev–Trinajstić information content (AvgIpc) is 2.83. The standard InChI is InChI=1S/C13H24O4/c1-3-5-7-10(13(15)16-4-2)12(14)11-8-6-9-17-11/h10-12,14H,3-9H2,1-2H3. The zero-order chi connectivity index (χ0) is 12.7. The maximum absolute atomic E-state index is 11.8. The largest absolute Gasteiger partial charge is 0.466 e. The molecule has 0 aromatic carbocycles. The zero-order valence-electron chi connectivity index (χ0n) is 10.9. The Hall–Kier alpha value is -0.610. The molecule has 1 heterocycles. The molecule has 4 nitrogen and oxygen atoms in total. The molecule has 3 atom stereocenters. The number of unbranched alkanes of at least 4 members (excludes halogenated alkanes) is 1. The number of ether oxygens (including phenoxy) is 2. The number of hydrogen-bond donors (Lipinski definition) is 1. The average molecular weight is 244 g/mol. The van der Waals surface area contributed by atoms with Crippen molar-refractivity contribution in [2.24, 2.45) is 5.92 Å². The van der Waals surface area contributed by atoms with Crippen LogP contribution in [0.2, 0.25) is 0 Å². The van der Waals surface area contributed by atoms with Gasteiger partial charge in [0.15, 0.2) is 0 Å². The molecule has 0 aliphatic carbocycles. The van der Waals surface area contributed by atoms with E-state index in [1.807, 2.05) is 0 Å². The van der Waals surface area contributed by atoms with Gasteiger partial charge in [-0.2, -0.15) is 0 Å². The van der Waals surface area contributed by atoms with Gasteiger partial charge in [0.2, 0.25) is 0 Å². The van der Waals surface area contributed by atoms with Crippen LogP contribution in [0.5, 0.6) is 0 Å². The fourth-order valence-electron chi connectivity index (χ4n) is 2.23. The number of aliphatic hydroxyl groups is 1. The summed E-state index contributed by atoms with van der Waals surface area (Å²) < 4.78 is 10.5. The number of carbonyl (C=O) groups is 1. The molecule has 1 fully saturated rings. The zero-order valence-corrected chi connectivity index (χ0v) is 10.9. The molecule has 0 saturated carbocycles. The van der Waals surface area contributed by atoms with Crippen molar-refractivity contribution in [2.75, 3.05) is 13.2 Å². The van der Waals surface area contributed by atoms with E-state index in [9.17, 15) is 9.90 Å². The normalized spacial score (nSPS) is 23.4. The van der Waals surface area contributed by atoms with Gasteiger partial charge in [-0.1, -0.05) is 19.8 Å². The smallest absolute Gasteiger partial charge is 0.311 e. The van der Waals surface area contributed by atoms with E-state index in [1.54, 1.807) is 6.92 Å². The second-order valence-electron chi connectivity index (χ2n) is 4.54. The van der Waals surface area contributed by atoms with Gasteiger partial charge in [-0.15, -0.1) is 0 Å². The number of carbonyl (C=O) groups excluding carboxylic acids is 1. The van der Waals surface area contributed by atoms with Crippen molar-refractivity contribution >= 4 is 5.97 Å². The minimum absolute atomic E-state index is 0.193. The monoisotopic (exact) mass is 244 g/mol. The van der Waals surface area contributed by atoms with Crippen molar-refractivity contribution in [3.63, 3.8) is 0 Å². The van der Waals surface area contributed by atoms with E-state index in [-0.39, 0.29) is 12.1 Å². The summed E-state index contributed by atoms with van der Waals surface area (Å²) in [5.74, 6) is -0.720. The number of rotatable bonds is 7. The first-order valence-electron chi connectivity index (χ1n) is 6.67. The van der Waals surface area contributed by atoms with Gasteiger partial charge < -0.3 is 14.6 Å². The molecule has 4 heteroatoms. The van der Waals surface area contributed by atoms with Gasteiger partial charge in [-0.25, -0.2) is 0 Å². The van der Waals surface area contributed by atoms with E-state index >= 15 is 0 Å². The van der Waals surface area contributed by atoms with Crippen molar-refractivity contribution in [2.45, 2.75) is 58.2 Å². The molecule has 1 saturated heterocycles. The lowest BCUT2D eigenvalue weighted by atomic mass is 9.91. The van der Waals surface area contributed by atoms with Crippen LogP contribution in [0.3, 0.4) is 0 Å². The van der Waals surface area contributed by atoms with E-state index in [0.29, 0.717) is 19.6 Å². The predicted octanol–water partition coefficient (Wildman–Crippen LogP) is 1.90. The molecule has 0 aromatic heterocycles. The lowest BCUT2D eigenvalue weighted by Gasteiger charge is -2.25. The van der Waals surface area contributed by atoms with Crippen LogP contribution in [-0.4, -0.2) is 36.5 Å². The minimum atomic E-state index is -0.719. The summed E-state index contributed by atoms with van der Waals surface area (Å²) in [6.45, 7) is 4.90. The molecule has 0 radical (unpaired) electrons. The molecule has 0 amide bonds. The Morgan fingerprint density at radius 2 is 2.29 bits per heavy atom. The Labute approximate surface area is 103 Å². The summed E-state index contributed by atoms with van der Waals surface area (Å²) in [5.41, 5.74) is 0. The Balaban J connectivity index is 2.56. The van der Waals surface area contributed by atoms with Crippen LogP contribution < -0.4 is 0 Å². The first kappa shape index (κ1) is 14.5. The maximum atomic E-state index is 11.8. The van der Waals surface area contributed by atoms with Crippen LogP contribution in [0.4, 0.5) is 0 Å². The Morgan fingerprint density at radius 1 is 1.53 bits per heavy atom. The van der Waals surface area contributed by atoms with Gasteiger partial charge in [-0.05, 0) is 26.2 Å². The van der Waals surface area contributed by atoms with Gasteiger partial charge in [0.25, 0.3) is 0 Å². The minimum Gasteiger partial charge on any atom is -0.466 e. The van der Waals surface area contributed by atoms with Gasteiger partial charge in [-0.3, -0.25) is 4.79 Å². The predicted molar refractivity (Wildman–Crippen MR) is 64.6 cm³/mol.